The first-order valence-corrected chi connectivity index (χ1v) is 12.0. The topological polar surface area (TPSA) is 37.4 Å². The summed E-state index contributed by atoms with van der Waals surface area (Å²) in [4.78, 5) is 28.6. The number of fused-ring (bicyclic) bond motifs is 5. The summed E-state index contributed by atoms with van der Waals surface area (Å²) in [6, 6.07) is 24.1. The second-order valence-electron chi connectivity index (χ2n) is 9.51. The van der Waals surface area contributed by atoms with E-state index in [1.807, 2.05) is 0 Å². The number of nitrogens with zero attached hydrogens (tertiary/aromatic N) is 1. The number of carbonyl (C=O) groups excluding carboxylic acids is 2. The Morgan fingerprint density at radius 1 is 0.706 bits per heavy atom. The number of hydrogen-bond acceptors (Lipinski definition) is 2. The summed E-state index contributed by atoms with van der Waals surface area (Å²) in [6.45, 7) is 4.16. The second kappa shape index (κ2) is 7.82. The first-order valence-electron chi connectivity index (χ1n) is 11.6. The van der Waals surface area contributed by atoms with Crippen LogP contribution in [0.3, 0.4) is 0 Å². The lowest BCUT2D eigenvalue weighted by Crippen LogP contribution is -2.33. The van der Waals surface area contributed by atoms with Crippen LogP contribution in [-0.2, 0) is 9.59 Å². The molecule has 0 aromatic heterocycles. The van der Waals surface area contributed by atoms with Gasteiger partial charge in [-0.25, -0.2) is 4.90 Å². The minimum Gasteiger partial charge on any atom is -0.274 e. The minimum atomic E-state index is -0.389. The van der Waals surface area contributed by atoms with Crippen LogP contribution in [0.25, 0.3) is 5.57 Å². The van der Waals surface area contributed by atoms with E-state index >= 15 is 0 Å². The molecule has 34 heavy (non-hydrogen) atoms. The van der Waals surface area contributed by atoms with Crippen LogP contribution in [0.5, 0.6) is 0 Å². The van der Waals surface area contributed by atoms with E-state index in [4.69, 9.17) is 11.6 Å². The standard InChI is InChI=1S/C30H24ClNO2/c1-17-7-11-19(12-8-17)25(20-13-9-18(2)10-14-20)26-21-15-16-22(26)28-27(21)29(33)32(30(28)34)24-6-4-3-5-23(24)31/h3-16,21-22,27-28H,1-2H3/t21-,22-,27-,28-/m1/s1. The van der Waals surface area contributed by atoms with Gasteiger partial charge in [-0.1, -0.05) is 95.5 Å². The zero-order valence-corrected chi connectivity index (χ0v) is 19.8. The molecule has 3 aromatic carbocycles. The van der Waals surface area contributed by atoms with E-state index in [1.54, 1.807) is 24.3 Å². The molecule has 1 saturated heterocycles. The smallest absolute Gasteiger partial charge is 0.238 e. The average Bonchev–Trinajstić information content (AvgIpc) is 3.46. The van der Waals surface area contributed by atoms with Crippen molar-refractivity contribution >= 4 is 34.7 Å². The largest absolute Gasteiger partial charge is 0.274 e. The number of anilines is 1. The Balaban J connectivity index is 1.50. The van der Waals surface area contributed by atoms with Gasteiger partial charge in [-0.2, -0.15) is 0 Å². The molecule has 0 unspecified atom stereocenters. The summed E-state index contributed by atoms with van der Waals surface area (Å²) in [7, 11) is 0. The van der Waals surface area contributed by atoms with E-state index in [0.717, 1.165) is 16.7 Å². The summed E-state index contributed by atoms with van der Waals surface area (Å²) >= 11 is 6.37. The third-order valence-corrected chi connectivity index (χ3v) is 7.80. The maximum absolute atomic E-state index is 13.7. The van der Waals surface area contributed by atoms with Gasteiger partial charge in [0.25, 0.3) is 0 Å². The SMILES string of the molecule is Cc1ccc(C(=C2[C@H]3C=C[C@H]2[C@H]2C(=O)N(c4ccccc4Cl)C(=O)[C@@H]23)c2ccc(C)cc2)cc1. The van der Waals surface area contributed by atoms with Gasteiger partial charge in [0, 0.05) is 11.8 Å². The highest BCUT2D eigenvalue weighted by molar-refractivity contribution is 6.36. The molecule has 3 nitrogen and oxygen atoms in total. The lowest BCUT2D eigenvalue weighted by Gasteiger charge is -2.22. The molecule has 4 atom stereocenters. The van der Waals surface area contributed by atoms with Crippen LogP contribution in [0.15, 0.2) is 90.5 Å². The monoisotopic (exact) mass is 465 g/mol. The molecule has 1 heterocycles. The van der Waals surface area contributed by atoms with Gasteiger partial charge >= 0.3 is 0 Å². The van der Waals surface area contributed by atoms with E-state index in [-0.39, 0.29) is 35.5 Å². The first kappa shape index (κ1) is 21.1. The molecule has 2 amide bonds. The Morgan fingerprint density at radius 3 is 1.65 bits per heavy atom. The molecule has 0 radical (unpaired) electrons. The van der Waals surface area contributed by atoms with Gasteiger partial charge < -0.3 is 0 Å². The van der Waals surface area contributed by atoms with Crippen molar-refractivity contribution in [2.75, 3.05) is 4.90 Å². The number of para-hydroxylation sites is 1. The third kappa shape index (κ3) is 3.04. The number of rotatable bonds is 3. The van der Waals surface area contributed by atoms with E-state index in [0.29, 0.717) is 10.7 Å². The van der Waals surface area contributed by atoms with Crippen molar-refractivity contribution < 1.29 is 9.59 Å². The number of imide groups is 1. The van der Waals surface area contributed by atoms with E-state index in [2.05, 4.69) is 74.5 Å². The first-order chi connectivity index (χ1) is 16.5. The molecule has 0 spiro atoms. The fraction of sp³-hybridized carbons (Fsp3) is 0.200. The third-order valence-electron chi connectivity index (χ3n) is 7.48. The van der Waals surface area contributed by atoms with Crippen LogP contribution < -0.4 is 4.90 Å². The van der Waals surface area contributed by atoms with Crippen LogP contribution in [0.4, 0.5) is 5.69 Å². The van der Waals surface area contributed by atoms with Crippen LogP contribution in [0.2, 0.25) is 5.02 Å². The van der Waals surface area contributed by atoms with Crippen LogP contribution >= 0.6 is 11.6 Å². The Kier molecular flexibility index (Phi) is 4.86. The highest BCUT2D eigenvalue weighted by atomic mass is 35.5. The van der Waals surface area contributed by atoms with Crippen LogP contribution in [0.1, 0.15) is 22.3 Å². The highest BCUT2D eigenvalue weighted by Gasteiger charge is 2.62. The van der Waals surface area contributed by atoms with E-state index in [1.165, 1.54) is 21.6 Å². The Hall–Kier alpha value is -3.43. The molecule has 3 aromatic rings. The van der Waals surface area contributed by atoms with Crippen LogP contribution in [0, 0.1) is 37.5 Å². The fourth-order valence-corrected chi connectivity index (χ4v) is 6.13. The normalized spacial score (nSPS) is 24.8. The summed E-state index contributed by atoms with van der Waals surface area (Å²) in [5.74, 6) is -1.28. The van der Waals surface area contributed by atoms with E-state index < -0.39 is 0 Å². The molecule has 4 heteroatoms. The summed E-state index contributed by atoms with van der Waals surface area (Å²) < 4.78 is 0. The number of halogens is 1. The van der Waals surface area contributed by atoms with Gasteiger partial charge in [-0.3, -0.25) is 9.59 Å². The summed E-state index contributed by atoms with van der Waals surface area (Å²) in [6.07, 6.45) is 4.26. The molecular formula is C30H24ClNO2. The van der Waals surface area contributed by atoms with Gasteiger partial charge in [0.05, 0.1) is 22.5 Å². The quantitative estimate of drug-likeness (QED) is 0.332. The van der Waals surface area contributed by atoms with Crippen molar-refractivity contribution in [3.63, 3.8) is 0 Å². The van der Waals surface area contributed by atoms with Gasteiger partial charge in [-0.15, -0.1) is 0 Å². The van der Waals surface area contributed by atoms with Crippen molar-refractivity contribution in [3.05, 3.63) is 118 Å². The molecule has 1 saturated carbocycles. The fourth-order valence-electron chi connectivity index (χ4n) is 5.91. The zero-order valence-electron chi connectivity index (χ0n) is 19.0. The molecule has 3 aliphatic rings. The number of benzene rings is 3. The van der Waals surface area contributed by atoms with E-state index in [9.17, 15) is 9.59 Å². The molecule has 0 N–H and O–H groups in total. The van der Waals surface area contributed by atoms with Crippen molar-refractivity contribution in [3.8, 4) is 0 Å². The van der Waals surface area contributed by atoms with Crippen molar-refractivity contribution in [2.45, 2.75) is 13.8 Å². The number of aryl methyl sites for hydroxylation is 2. The lowest BCUT2D eigenvalue weighted by atomic mass is 9.85. The lowest BCUT2D eigenvalue weighted by molar-refractivity contribution is -0.122. The predicted octanol–water partition coefficient (Wildman–Crippen LogP) is 6.38. The summed E-state index contributed by atoms with van der Waals surface area (Å²) in [5, 5.41) is 0.417. The zero-order chi connectivity index (χ0) is 23.6. The predicted molar refractivity (Wildman–Crippen MR) is 135 cm³/mol. The molecule has 6 rings (SSSR count). The van der Waals surface area contributed by atoms with Gasteiger partial charge in [0.1, 0.15) is 0 Å². The number of carbonyl (C=O) groups is 2. The van der Waals surface area contributed by atoms with Gasteiger partial charge in [-0.05, 0) is 48.3 Å². The molecule has 2 aliphatic carbocycles. The van der Waals surface area contributed by atoms with Gasteiger partial charge in [0.15, 0.2) is 0 Å². The molecular weight excluding hydrogens is 442 g/mol. The number of allylic oxidation sites excluding steroid dienone is 3. The maximum Gasteiger partial charge on any atom is 0.238 e. The Morgan fingerprint density at radius 2 is 1.18 bits per heavy atom. The average molecular weight is 466 g/mol. The highest BCUT2D eigenvalue weighted by Crippen LogP contribution is 2.59. The molecule has 2 fully saturated rings. The van der Waals surface area contributed by atoms with Crippen LogP contribution in [-0.4, -0.2) is 11.8 Å². The summed E-state index contributed by atoms with van der Waals surface area (Å²) in [5.41, 5.74) is 7.43. The van der Waals surface area contributed by atoms with Crippen molar-refractivity contribution in [2.24, 2.45) is 23.7 Å². The number of hydrogen-bond donors (Lipinski definition) is 0. The Bertz CT molecular complexity index is 1300. The Labute approximate surface area is 204 Å². The van der Waals surface area contributed by atoms with Crippen molar-refractivity contribution in [1.29, 1.82) is 0 Å². The van der Waals surface area contributed by atoms with Gasteiger partial charge in [0.2, 0.25) is 11.8 Å². The minimum absolute atomic E-state index is 0.100. The molecule has 2 bridgehead atoms. The van der Waals surface area contributed by atoms with Crippen molar-refractivity contribution in [1.82, 2.24) is 0 Å². The second-order valence-corrected chi connectivity index (χ2v) is 9.92. The molecule has 168 valence electrons. The number of amides is 2. The molecule has 1 aliphatic heterocycles. The maximum atomic E-state index is 13.7.